The summed E-state index contributed by atoms with van der Waals surface area (Å²) < 4.78 is 26.4. The number of halogens is 1. The van der Waals surface area contributed by atoms with Gasteiger partial charge in [0.15, 0.2) is 0 Å². The van der Waals surface area contributed by atoms with E-state index in [4.69, 9.17) is 0 Å². The highest BCUT2D eigenvalue weighted by molar-refractivity contribution is 9.10. The Morgan fingerprint density at radius 3 is 2.73 bits per heavy atom. The molecule has 1 aromatic heterocycles. The van der Waals surface area contributed by atoms with Crippen LogP contribution in [0.3, 0.4) is 0 Å². The van der Waals surface area contributed by atoms with Crippen molar-refractivity contribution in [2.75, 3.05) is 25.6 Å². The third kappa shape index (κ3) is 3.20. The van der Waals surface area contributed by atoms with Gasteiger partial charge < -0.3 is 0 Å². The van der Waals surface area contributed by atoms with Gasteiger partial charge in [0.1, 0.15) is 4.21 Å². The first-order valence-electron chi connectivity index (χ1n) is 4.18. The average Bonchev–Trinajstić information content (AvgIpc) is 2.61. The van der Waals surface area contributed by atoms with E-state index in [1.807, 2.05) is 6.26 Å². The first kappa shape index (κ1) is 13.5. The van der Waals surface area contributed by atoms with Crippen LogP contribution < -0.4 is 0 Å². The van der Waals surface area contributed by atoms with E-state index in [2.05, 4.69) is 15.9 Å². The van der Waals surface area contributed by atoms with Crippen molar-refractivity contribution < 1.29 is 8.42 Å². The topological polar surface area (TPSA) is 37.4 Å². The minimum atomic E-state index is -3.31. The Hall–Kier alpha value is 0.440. The Morgan fingerprint density at radius 2 is 2.27 bits per heavy atom. The Balaban J connectivity index is 2.88. The summed E-state index contributed by atoms with van der Waals surface area (Å²) in [5.41, 5.74) is 0. The second-order valence-corrected chi connectivity index (χ2v) is 7.87. The molecule has 0 aliphatic rings. The van der Waals surface area contributed by atoms with Crippen molar-refractivity contribution in [3.8, 4) is 0 Å². The predicted molar refractivity (Wildman–Crippen MR) is 70.2 cm³/mol. The van der Waals surface area contributed by atoms with E-state index in [0.717, 1.165) is 5.75 Å². The molecule has 0 aromatic carbocycles. The van der Waals surface area contributed by atoms with E-state index >= 15 is 0 Å². The fourth-order valence-electron chi connectivity index (χ4n) is 0.945. The SMILES string of the molecule is CSCCN(C)S(=O)(=O)c1sccc1Br. The van der Waals surface area contributed by atoms with Crippen LogP contribution in [-0.4, -0.2) is 38.3 Å². The van der Waals surface area contributed by atoms with Crippen molar-refractivity contribution in [3.63, 3.8) is 0 Å². The van der Waals surface area contributed by atoms with Gasteiger partial charge in [-0.3, -0.25) is 0 Å². The smallest absolute Gasteiger partial charge is 0.206 e. The third-order valence-electron chi connectivity index (χ3n) is 1.84. The molecule has 0 atom stereocenters. The number of hydrogen-bond donors (Lipinski definition) is 0. The van der Waals surface area contributed by atoms with Gasteiger partial charge in [-0.2, -0.15) is 16.1 Å². The van der Waals surface area contributed by atoms with Crippen molar-refractivity contribution >= 4 is 49.1 Å². The van der Waals surface area contributed by atoms with Crippen LogP contribution in [0.5, 0.6) is 0 Å². The predicted octanol–water partition coefficient (Wildman–Crippen LogP) is 2.49. The number of nitrogens with zero attached hydrogens (tertiary/aromatic N) is 1. The summed E-state index contributed by atoms with van der Waals surface area (Å²) in [6.45, 7) is 0.536. The van der Waals surface area contributed by atoms with E-state index in [0.29, 0.717) is 15.2 Å². The molecule has 0 amide bonds. The first-order chi connectivity index (χ1) is 7.00. The maximum Gasteiger partial charge on any atom is 0.253 e. The number of hydrogen-bond acceptors (Lipinski definition) is 4. The second kappa shape index (κ2) is 5.67. The molecule has 0 N–H and O–H groups in total. The van der Waals surface area contributed by atoms with Gasteiger partial charge in [0.25, 0.3) is 10.0 Å². The highest BCUT2D eigenvalue weighted by Gasteiger charge is 2.23. The van der Waals surface area contributed by atoms with Gasteiger partial charge in [0.05, 0.1) is 0 Å². The summed E-state index contributed by atoms with van der Waals surface area (Å²) in [7, 11) is -1.70. The second-order valence-electron chi connectivity index (χ2n) is 2.88. The van der Waals surface area contributed by atoms with Crippen LogP contribution in [0, 0.1) is 0 Å². The van der Waals surface area contributed by atoms with Crippen molar-refractivity contribution in [2.45, 2.75) is 4.21 Å². The van der Waals surface area contributed by atoms with Crippen molar-refractivity contribution in [2.24, 2.45) is 0 Å². The lowest BCUT2D eigenvalue weighted by Crippen LogP contribution is -2.28. The van der Waals surface area contributed by atoms with E-state index in [-0.39, 0.29) is 0 Å². The van der Waals surface area contributed by atoms with Crippen molar-refractivity contribution in [1.82, 2.24) is 4.31 Å². The lowest BCUT2D eigenvalue weighted by Gasteiger charge is -2.15. The number of thioether (sulfide) groups is 1. The minimum Gasteiger partial charge on any atom is -0.206 e. The highest BCUT2D eigenvalue weighted by atomic mass is 79.9. The maximum atomic E-state index is 12.0. The Kier molecular flexibility index (Phi) is 5.11. The molecule has 1 rings (SSSR count). The Labute approximate surface area is 107 Å². The normalized spacial score (nSPS) is 12.3. The van der Waals surface area contributed by atoms with Gasteiger partial charge in [-0.25, -0.2) is 8.42 Å². The molecule has 0 saturated heterocycles. The molecule has 1 aromatic rings. The highest BCUT2D eigenvalue weighted by Crippen LogP contribution is 2.29. The summed E-state index contributed by atoms with van der Waals surface area (Å²) in [6, 6.07) is 1.75. The van der Waals surface area contributed by atoms with Crippen LogP contribution in [0.4, 0.5) is 0 Å². The molecule has 0 unspecified atom stereocenters. The van der Waals surface area contributed by atoms with Gasteiger partial charge in [0, 0.05) is 23.8 Å². The quantitative estimate of drug-likeness (QED) is 0.832. The number of rotatable bonds is 5. The molecule has 0 bridgehead atoms. The molecule has 0 aliphatic heterocycles. The molecular formula is C8H12BrNO2S3. The largest absolute Gasteiger partial charge is 0.253 e. The molecule has 0 radical (unpaired) electrons. The van der Waals surface area contributed by atoms with E-state index in [1.165, 1.54) is 15.6 Å². The fourth-order valence-corrected chi connectivity index (χ4v) is 5.19. The molecular weight excluding hydrogens is 318 g/mol. The lowest BCUT2D eigenvalue weighted by atomic mass is 10.7. The Bertz CT molecular complexity index is 415. The molecule has 0 saturated carbocycles. The average molecular weight is 330 g/mol. The summed E-state index contributed by atoms with van der Waals surface area (Å²) in [6.07, 6.45) is 1.96. The minimum absolute atomic E-state index is 0.381. The zero-order valence-corrected chi connectivity index (χ0v) is 12.5. The van der Waals surface area contributed by atoms with Crippen LogP contribution in [0.1, 0.15) is 0 Å². The molecule has 1 heterocycles. The van der Waals surface area contributed by atoms with Crippen LogP contribution >= 0.6 is 39.0 Å². The molecule has 0 spiro atoms. The zero-order chi connectivity index (χ0) is 11.5. The van der Waals surface area contributed by atoms with Crippen molar-refractivity contribution in [3.05, 3.63) is 15.9 Å². The standard InChI is InChI=1S/C8H12BrNO2S3/c1-10(4-6-13-2)15(11,12)8-7(9)3-5-14-8/h3,5H,4,6H2,1-2H3. The summed E-state index contributed by atoms with van der Waals surface area (Å²) in [5, 5.41) is 1.76. The monoisotopic (exact) mass is 329 g/mol. The van der Waals surface area contributed by atoms with Gasteiger partial charge in [-0.05, 0) is 33.6 Å². The van der Waals surface area contributed by atoms with E-state index in [9.17, 15) is 8.42 Å². The molecule has 0 aliphatic carbocycles. The molecule has 7 heteroatoms. The number of thiophene rings is 1. The molecule has 3 nitrogen and oxygen atoms in total. The van der Waals surface area contributed by atoms with Gasteiger partial charge >= 0.3 is 0 Å². The van der Waals surface area contributed by atoms with Crippen molar-refractivity contribution in [1.29, 1.82) is 0 Å². The Morgan fingerprint density at radius 1 is 1.60 bits per heavy atom. The summed E-state index contributed by atoms with van der Waals surface area (Å²) in [5.74, 6) is 0.804. The van der Waals surface area contributed by atoms with Gasteiger partial charge in [-0.15, -0.1) is 11.3 Å². The van der Waals surface area contributed by atoms with E-state index < -0.39 is 10.0 Å². The zero-order valence-electron chi connectivity index (χ0n) is 8.44. The van der Waals surface area contributed by atoms with Crippen LogP contribution in [0.25, 0.3) is 0 Å². The van der Waals surface area contributed by atoms with Crippen LogP contribution in [0.2, 0.25) is 0 Å². The fraction of sp³-hybridized carbons (Fsp3) is 0.500. The van der Waals surface area contributed by atoms with Crippen LogP contribution in [0.15, 0.2) is 20.1 Å². The van der Waals surface area contributed by atoms with E-state index in [1.54, 1.807) is 30.3 Å². The van der Waals surface area contributed by atoms with Gasteiger partial charge in [0.2, 0.25) is 0 Å². The molecule has 0 fully saturated rings. The molecule has 86 valence electrons. The van der Waals surface area contributed by atoms with Crippen LogP contribution in [-0.2, 0) is 10.0 Å². The maximum absolute atomic E-state index is 12.0. The third-order valence-corrected chi connectivity index (χ3v) is 6.93. The summed E-state index contributed by atoms with van der Waals surface area (Å²) >= 11 is 6.11. The first-order valence-corrected chi connectivity index (χ1v) is 8.69. The lowest BCUT2D eigenvalue weighted by molar-refractivity contribution is 0.490. The summed E-state index contributed by atoms with van der Waals surface area (Å²) in [4.78, 5) is 0. The number of sulfonamides is 1. The van der Waals surface area contributed by atoms with Gasteiger partial charge in [-0.1, -0.05) is 0 Å². The molecule has 15 heavy (non-hydrogen) atoms.